The van der Waals surface area contributed by atoms with Gasteiger partial charge in [0.15, 0.2) is 6.23 Å². The van der Waals surface area contributed by atoms with Gasteiger partial charge in [0, 0.05) is 12.3 Å². The highest BCUT2D eigenvalue weighted by Crippen LogP contribution is 2.34. The number of ether oxygens (including phenoxy) is 2. The third-order valence-corrected chi connectivity index (χ3v) is 2.89. The third kappa shape index (κ3) is 3.32. The van der Waals surface area contributed by atoms with Crippen LogP contribution in [0.1, 0.15) is 6.23 Å². The molecular formula is C10H11F3N2O6. The quantitative estimate of drug-likeness (QED) is 0.639. The zero-order chi connectivity index (χ0) is 15.8. The number of aliphatic hydroxyl groups is 2. The van der Waals surface area contributed by atoms with Crippen LogP contribution in [0, 0.1) is 0 Å². The Balaban J connectivity index is 2.38. The van der Waals surface area contributed by atoms with Gasteiger partial charge in [0.2, 0.25) is 0 Å². The van der Waals surface area contributed by atoms with Crippen LogP contribution < -0.4 is 11.2 Å². The minimum Gasteiger partial charge on any atom is -0.394 e. The summed E-state index contributed by atoms with van der Waals surface area (Å²) in [7, 11) is 0. The molecule has 4 atom stereocenters. The van der Waals surface area contributed by atoms with Crippen molar-refractivity contribution in [2.24, 2.45) is 0 Å². The van der Waals surface area contributed by atoms with Gasteiger partial charge in [-0.05, 0) is 0 Å². The molecule has 21 heavy (non-hydrogen) atoms. The summed E-state index contributed by atoms with van der Waals surface area (Å²) in [5, 5.41) is 18.7. The lowest BCUT2D eigenvalue weighted by atomic mass is 10.1. The minimum absolute atomic E-state index is 0.636. The molecule has 2 rings (SSSR count). The van der Waals surface area contributed by atoms with Gasteiger partial charge >= 0.3 is 12.1 Å². The van der Waals surface area contributed by atoms with E-state index in [1.54, 1.807) is 0 Å². The molecule has 0 amide bonds. The van der Waals surface area contributed by atoms with E-state index in [1.165, 1.54) is 0 Å². The monoisotopic (exact) mass is 312 g/mol. The largest absolute Gasteiger partial charge is 0.523 e. The minimum atomic E-state index is -5.08. The van der Waals surface area contributed by atoms with Crippen LogP contribution in [0.15, 0.2) is 21.9 Å². The highest BCUT2D eigenvalue weighted by atomic mass is 19.4. The van der Waals surface area contributed by atoms with Crippen LogP contribution in [0.4, 0.5) is 13.2 Å². The number of aromatic nitrogens is 2. The molecule has 1 aromatic heterocycles. The Morgan fingerprint density at radius 1 is 1.43 bits per heavy atom. The lowest BCUT2D eigenvalue weighted by molar-refractivity contribution is -0.356. The molecule has 0 radical (unpaired) electrons. The predicted octanol–water partition coefficient (Wildman–Crippen LogP) is -1.31. The Hall–Kier alpha value is -1.69. The van der Waals surface area contributed by atoms with E-state index in [9.17, 15) is 27.9 Å². The fourth-order valence-electron chi connectivity index (χ4n) is 2.00. The molecule has 3 N–H and O–H groups in total. The second-order valence-corrected chi connectivity index (χ2v) is 4.28. The third-order valence-electron chi connectivity index (χ3n) is 2.89. The van der Waals surface area contributed by atoms with E-state index in [0.717, 1.165) is 12.3 Å². The average Bonchev–Trinajstić information content (AvgIpc) is 2.65. The van der Waals surface area contributed by atoms with Gasteiger partial charge in [0.1, 0.15) is 18.3 Å². The molecule has 1 saturated heterocycles. The number of aromatic amines is 1. The van der Waals surface area contributed by atoms with Gasteiger partial charge < -0.3 is 14.9 Å². The molecule has 1 aliphatic rings. The van der Waals surface area contributed by atoms with Gasteiger partial charge in [0.25, 0.3) is 5.56 Å². The van der Waals surface area contributed by atoms with Crippen LogP contribution in [-0.2, 0) is 9.47 Å². The number of rotatable bonds is 3. The van der Waals surface area contributed by atoms with Gasteiger partial charge in [0.05, 0.1) is 6.61 Å². The first-order valence-corrected chi connectivity index (χ1v) is 5.73. The molecule has 0 aromatic carbocycles. The van der Waals surface area contributed by atoms with Crippen molar-refractivity contribution in [3.8, 4) is 0 Å². The highest BCUT2D eigenvalue weighted by molar-refractivity contribution is 4.94. The standard InChI is InChI=1S/C10H11F3N2O6/c11-10(12,13)21-7-6(18)4(3-16)20-8(7)15-2-1-5(17)14-9(15)19/h1-2,4,6-8,16,18H,3H2,(H,14,17,19)/t4-,6-,7-,8-/m1/s1. The van der Waals surface area contributed by atoms with Gasteiger partial charge in [-0.3, -0.25) is 19.1 Å². The zero-order valence-electron chi connectivity index (χ0n) is 10.3. The molecule has 0 aliphatic carbocycles. The van der Waals surface area contributed by atoms with Crippen molar-refractivity contribution in [1.29, 1.82) is 0 Å². The topological polar surface area (TPSA) is 114 Å². The lowest BCUT2D eigenvalue weighted by Crippen LogP contribution is -2.41. The maximum atomic E-state index is 12.4. The molecule has 0 spiro atoms. The zero-order valence-corrected chi connectivity index (χ0v) is 10.3. The molecule has 0 saturated carbocycles. The first-order chi connectivity index (χ1) is 9.73. The molecule has 0 bridgehead atoms. The van der Waals surface area contributed by atoms with Crippen molar-refractivity contribution >= 4 is 0 Å². The summed E-state index contributed by atoms with van der Waals surface area (Å²) >= 11 is 0. The first-order valence-electron chi connectivity index (χ1n) is 5.73. The van der Waals surface area contributed by atoms with Crippen LogP contribution in [0.3, 0.4) is 0 Å². The van der Waals surface area contributed by atoms with Gasteiger partial charge in [-0.2, -0.15) is 0 Å². The van der Waals surface area contributed by atoms with E-state index in [-0.39, 0.29) is 0 Å². The molecule has 1 aromatic rings. The Morgan fingerprint density at radius 3 is 2.62 bits per heavy atom. The van der Waals surface area contributed by atoms with Gasteiger partial charge in [-0.25, -0.2) is 4.79 Å². The number of nitrogens with one attached hydrogen (secondary N) is 1. The SMILES string of the molecule is O=c1ccn([C@@H]2O[C@H](CO)[C@@H](O)[C@H]2OC(F)(F)F)c(=O)[nH]1. The normalized spacial score (nSPS) is 29.8. The maximum Gasteiger partial charge on any atom is 0.523 e. The summed E-state index contributed by atoms with van der Waals surface area (Å²) < 4.78 is 46.5. The Morgan fingerprint density at radius 2 is 2.10 bits per heavy atom. The van der Waals surface area contributed by atoms with Crippen LogP contribution in [-0.4, -0.2) is 51.0 Å². The van der Waals surface area contributed by atoms with Crippen molar-refractivity contribution < 1.29 is 32.9 Å². The summed E-state index contributed by atoms with van der Waals surface area (Å²) in [6.45, 7) is -0.770. The van der Waals surface area contributed by atoms with Crippen molar-refractivity contribution in [3.05, 3.63) is 33.1 Å². The Labute approximate surface area is 114 Å². The van der Waals surface area contributed by atoms with E-state index in [0.29, 0.717) is 4.57 Å². The molecule has 118 valence electrons. The predicted molar refractivity (Wildman–Crippen MR) is 59.3 cm³/mol. The van der Waals surface area contributed by atoms with Crippen molar-refractivity contribution in [3.63, 3.8) is 0 Å². The summed E-state index contributed by atoms with van der Waals surface area (Å²) in [6, 6.07) is 0.897. The molecule has 0 unspecified atom stereocenters. The van der Waals surface area contributed by atoms with Gasteiger partial charge in [-0.1, -0.05) is 0 Å². The highest BCUT2D eigenvalue weighted by Gasteiger charge is 2.50. The summed E-state index contributed by atoms with van der Waals surface area (Å²) in [5.41, 5.74) is -1.78. The number of H-pyrrole nitrogens is 1. The van der Waals surface area contributed by atoms with Crippen molar-refractivity contribution in [1.82, 2.24) is 9.55 Å². The number of alkyl halides is 3. The van der Waals surface area contributed by atoms with Gasteiger partial charge in [-0.15, -0.1) is 13.2 Å². The lowest BCUT2D eigenvalue weighted by Gasteiger charge is -2.22. The molecular weight excluding hydrogens is 301 g/mol. The number of hydrogen-bond acceptors (Lipinski definition) is 6. The number of halogens is 3. The molecule has 11 heteroatoms. The van der Waals surface area contributed by atoms with Crippen LogP contribution in [0.5, 0.6) is 0 Å². The van der Waals surface area contributed by atoms with E-state index in [1.807, 2.05) is 4.98 Å². The molecule has 2 heterocycles. The fraction of sp³-hybridized carbons (Fsp3) is 0.600. The first kappa shape index (κ1) is 15.7. The number of nitrogens with zero attached hydrogens (tertiary/aromatic N) is 1. The summed E-state index contributed by atoms with van der Waals surface area (Å²) in [5.74, 6) is 0. The van der Waals surface area contributed by atoms with E-state index in [2.05, 4.69) is 4.74 Å². The Kier molecular flexibility index (Phi) is 4.18. The molecule has 1 aliphatic heterocycles. The fourth-order valence-corrected chi connectivity index (χ4v) is 2.00. The smallest absolute Gasteiger partial charge is 0.394 e. The van der Waals surface area contributed by atoms with E-state index in [4.69, 9.17) is 9.84 Å². The molecule has 1 fully saturated rings. The number of aliphatic hydroxyl groups excluding tert-OH is 2. The van der Waals surface area contributed by atoms with Crippen molar-refractivity contribution in [2.75, 3.05) is 6.61 Å². The number of hydrogen-bond donors (Lipinski definition) is 3. The maximum absolute atomic E-state index is 12.4. The summed E-state index contributed by atoms with van der Waals surface area (Å²) in [6.07, 6.45) is -11.0. The molecule has 8 nitrogen and oxygen atoms in total. The Bertz CT molecular complexity index is 612. The van der Waals surface area contributed by atoms with E-state index >= 15 is 0 Å². The van der Waals surface area contributed by atoms with Crippen LogP contribution >= 0.6 is 0 Å². The average molecular weight is 312 g/mol. The van der Waals surface area contributed by atoms with Crippen molar-refractivity contribution in [2.45, 2.75) is 30.9 Å². The van der Waals surface area contributed by atoms with Crippen LogP contribution in [0.25, 0.3) is 0 Å². The second-order valence-electron chi connectivity index (χ2n) is 4.28. The van der Waals surface area contributed by atoms with E-state index < -0.39 is 48.8 Å². The second kappa shape index (κ2) is 5.60. The van der Waals surface area contributed by atoms with Crippen LogP contribution in [0.2, 0.25) is 0 Å². The summed E-state index contributed by atoms with van der Waals surface area (Å²) in [4.78, 5) is 24.4.